The number of thioether (sulfide) groups is 1. The van der Waals surface area contributed by atoms with Gasteiger partial charge >= 0.3 is 0 Å². The highest BCUT2D eigenvalue weighted by Gasteiger charge is 1.99. The molecule has 0 aliphatic rings. The first-order chi connectivity index (χ1) is 8.13. The van der Waals surface area contributed by atoms with Crippen molar-refractivity contribution < 1.29 is 9.90 Å². The van der Waals surface area contributed by atoms with Crippen LogP contribution in [0.4, 0.5) is 0 Å². The zero-order valence-corrected chi connectivity index (χ0v) is 10.2. The van der Waals surface area contributed by atoms with Crippen LogP contribution >= 0.6 is 11.8 Å². The van der Waals surface area contributed by atoms with Gasteiger partial charge in [-0.3, -0.25) is 4.79 Å². The van der Waals surface area contributed by atoms with Crippen LogP contribution in [0, 0.1) is 23.2 Å². The van der Waals surface area contributed by atoms with E-state index in [1.807, 2.05) is 6.07 Å². The summed E-state index contributed by atoms with van der Waals surface area (Å²) in [5, 5.41) is 18.1. The fourth-order valence-electron chi connectivity index (χ4n) is 1.11. The maximum absolute atomic E-state index is 10.6. The number of carbonyl (C=O) groups is 1. The standard InChI is InChI=1S/C13H11NO2S/c1-10(15)17-7-3-2-4-11-5-6-13(16)12(8-11)9-14/h5-6,8,16H,3,7H2,1H3. The molecular formula is C13H11NO2S. The van der Waals surface area contributed by atoms with Crippen molar-refractivity contribution >= 4 is 16.9 Å². The van der Waals surface area contributed by atoms with E-state index in [2.05, 4.69) is 11.8 Å². The van der Waals surface area contributed by atoms with E-state index in [1.54, 1.807) is 12.1 Å². The molecule has 4 heteroatoms. The van der Waals surface area contributed by atoms with Crippen LogP contribution in [-0.4, -0.2) is 16.0 Å². The minimum absolute atomic E-state index is 0.0369. The summed E-state index contributed by atoms with van der Waals surface area (Å²) < 4.78 is 0. The number of carbonyl (C=O) groups excluding carboxylic acids is 1. The van der Waals surface area contributed by atoms with E-state index in [0.717, 1.165) is 0 Å². The Bertz CT molecular complexity index is 520. The number of hydrogen-bond acceptors (Lipinski definition) is 4. The molecule has 1 rings (SSSR count). The van der Waals surface area contributed by atoms with Crippen LogP contribution in [0.5, 0.6) is 5.75 Å². The topological polar surface area (TPSA) is 61.1 Å². The molecule has 0 unspecified atom stereocenters. The van der Waals surface area contributed by atoms with Crippen molar-refractivity contribution in [3.05, 3.63) is 29.3 Å². The van der Waals surface area contributed by atoms with Gasteiger partial charge in [0.15, 0.2) is 5.12 Å². The lowest BCUT2D eigenvalue weighted by Crippen LogP contribution is -1.84. The van der Waals surface area contributed by atoms with Crippen LogP contribution in [0.3, 0.4) is 0 Å². The third kappa shape index (κ3) is 4.63. The Balaban J connectivity index is 2.61. The average molecular weight is 245 g/mol. The fourth-order valence-corrected chi connectivity index (χ4v) is 1.61. The first-order valence-electron chi connectivity index (χ1n) is 4.99. The second-order valence-corrected chi connectivity index (χ2v) is 4.51. The monoisotopic (exact) mass is 245 g/mol. The van der Waals surface area contributed by atoms with Gasteiger partial charge in [0, 0.05) is 24.7 Å². The molecule has 0 atom stereocenters. The molecule has 0 saturated heterocycles. The van der Waals surface area contributed by atoms with Crippen LogP contribution in [0.2, 0.25) is 0 Å². The number of aromatic hydroxyl groups is 1. The molecule has 0 heterocycles. The Morgan fingerprint density at radius 3 is 2.94 bits per heavy atom. The van der Waals surface area contributed by atoms with Gasteiger partial charge in [0.25, 0.3) is 0 Å². The molecule has 0 aliphatic heterocycles. The number of nitrogens with zero attached hydrogens (tertiary/aromatic N) is 1. The lowest BCUT2D eigenvalue weighted by molar-refractivity contribution is -0.109. The minimum Gasteiger partial charge on any atom is -0.507 e. The fraction of sp³-hybridized carbons (Fsp3) is 0.231. The van der Waals surface area contributed by atoms with Crippen molar-refractivity contribution in [2.24, 2.45) is 0 Å². The molecule has 0 radical (unpaired) electrons. The van der Waals surface area contributed by atoms with Crippen LogP contribution in [0.15, 0.2) is 18.2 Å². The molecule has 0 saturated carbocycles. The molecule has 0 bridgehead atoms. The van der Waals surface area contributed by atoms with E-state index in [1.165, 1.54) is 24.8 Å². The van der Waals surface area contributed by atoms with E-state index in [0.29, 0.717) is 17.7 Å². The van der Waals surface area contributed by atoms with Gasteiger partial charge in [0.05, 0.1) is 5.56 Å². The Hall–Kier alpha value is -1.91. The van der Waals surface area contributed by atoms with Crippen molar-refractivity contribution in [3.63, 3.8) is 0 Å². The molecule has 0 amide bonds. The van der Waals surface area contributed by atoms with E-state index < -0.39 is 0 Å². The number of nitriles is 1. The quantitative estimate of drug-likeness (QED) is 0.641. The number of rotatable bonds is 2. The van der Waals surface area contributed by atoms with Gasteiger partial charge in [-0.2, -0.15) is 5.26 Å². The van der Waals surface area contributed by atoms with Crippen LogP contribution in [0.1, 0.15) is 24.5 Å². The highest BCUT2D eigenvalue weighted by Crippen LogP contribution is 2.16. The Labute approximate surface area is 104 Å². The van der Waals surface area contributed by atoms with Crippen molar-refractivity contribution in [1.82, 2.24) is 0 Å². The number of phenolic OH excluding ortho intramolecular Hbond substituents is 1. The highest BCUT2D eigenvalue weighted by molar-refractivity contribution is 8.13. The van der Waals surface area contributed by atoms with Crippen molar-refractivity contribution in [1.29, 1.82) is 5.26 Å². The maximum Gasteiger partial charge on any atom is 0.185 e. The summed E-state index contributed by atoms with van der Waals surface area (Å²) in [5.74, 6) is 6.43. The van der Waals surface area contributed by atoms with E-state index in [9.17, 15) is 9.90 Å². The summed E-state index contributed by atoms with van der Waals surface area (Å²) >= 11 is 1.24. The van der Waals surface area contributed by atoms with Gasteiger partial charge in [0.1, 0.15) is 11.8 Å². The van der Waals surface area contributed by atoms with Gasteiger partial charge in [-0.1, -0.05) is 23.6 Å². The Kier molecular flexibility index (Phi) is 5.13. The smallest absolute Gasteiger partial charge is 0.185 e. The molecule has 1 aromatic rings. The zero-order chi connectivity index (χ0) is 12.7. The van der Waals surface area contributed by atoms with Crippen LogP contribution in [-0.2, 0) is 4.79 Å². The maximum atomic E-state index is 10.6. The summed E-state index contributed by atoms with van der Waals surface area (Å²) in [6.07, 6.45) is 0.618. The van der Waals surface area contributed by atoms with Gasteiger partial charge in [-0.25, -0.2) is 0 Å². The molecule has 0 aromatic heterocycles. The third-order valence-electron chi connectivity index (χ3n) is 1.88. The number of hydrogen-bond donors (Lipinski definition) is 1. The lowest BCUT2D eigenvalue weighted by Gasteiger charge is -1.95. The van der Waals surface area contributed by atoms with Gasteiger partial charge < -0.3 is 5.11 Å². The molecule has 86 valence electrons. The van der Waals surface area contributed by atoms with E-state index >= 15 is 0 Å². The van der Waals surface area contributed by atoms with Crippen LogP contribution in [0.25, 0.3) is 0 Å². The molecule has 17 heavy (non-hydrogen) atoms. The van der Waals surface area contributed by atoms with Gasteiger partial charge in [-0.05, 0) is 18.2 Å². The molecule has 0 spiro atoms. The van der Waals surface area contributed by atoms with E-state index in [-0.39, 0.29) is 16.4 Å². The Morgan fingerprint density at radius 2 is 2.29 bits per heavy atom. The minimum atomic E-state index is -0.0369. The van der Waals surface area contributed by atoms with Crippen molar-refractivity contribution in [3.8, 4) is 23.7 Å². The second kappa shape index (κ2) is 6.62. The largest absolute Gasteiger partial charge is 0.507 e. The van der Waals surface area contributed by atoms with Gasteiger partial charge in [-0.15, -0.1) is 0 Å². The Morgan fingerprint density at radius 1 is 1.53 bits per heavy atom. The van der Waals surface area contributed by atoms with Gasteiger partial charge in [0.2, 0.25) is 0 Å². The van der Waals surface area contributed by atoms with Crippen LogP contribution < -0.4 is 0 Å². The zero-order valence-electron chi connectivity index (χ0n) is 9.36. The molecule has 0 aliphatic carbocycles. The van der Waals surface area contributed by atoms with Crippen molar-refractivity contribution in [2.75, 3.05) is 5.75 Å². The molecule has 0 fully saturated rings. The predicted molar refractivity (Wildman–Crippen MR) is 67.5 cm³/mol. The normalized spacial score (nSPS) is 8.94. The molecule has 3 nitrogen and oxygen atoms in total. The predicted octanol–water partition coefficient (Wildman–Crippen LogP) is 2.29. The summed E-state index contributed by atoms with van der Waals surface area (Å²) in [4.78, 5) is 10.6. The third-order valence-corrected chi connectivity index (χ3v) is 2.70. The SMILES string of the molecule is CC(=O)SCCC#Cc1ccc(O)c(C#N)c1. The first-order valence-corrected chi connectivity index (χ1v) is 5.97. The summed E-state index contributed by atoms with van der Waals surface area (Å²) in [5.41, 5.74) is 0.905. The average Bonchev–Trinajstić information content (AvgIpc) is 2.30. The number of phenols is 1. The highest BCUT2D eigenvalue weighted by atomic mass is 32.2. The van der Waals surface area contributed by atoms with Crippen molar-refractivity contribution in [2.45, 2.75) is 13.3 Å². The summed E-state index contributed by atoms with van der Waals surface area (Å²) in [6.45, 7) is 1.53. The molecule has 1 N–H and O–H groups in total. The first kappa shape index (κ1) is 13.2. The molecule has 1 aromatic carbocycles. The summed E-state index contributed by atoms with van der Waals surface area (Å²) in [6, 6.07) is 6.53. The van der Waals surface area contributed by atoms with E-state index in [4.69, 9.17) is 5.26 Å². The second-order valence-electron chi connectivity index (χ2n) is 3.24. The lowest BCUT2D eigenvalue weighted by atomic mass is 10.1. The summed E-state index contributed by atoms with van der Waals surface area (Å²) in [7, 11) is 0. The number of benzene rings is 1. The molecular weight excluding hydrogens is 234 g/mol.